The van der Waals surface area contributed by atoms with E-state index >= 15 is 0 Å². The zero-order valence-corrected chi connectivity index (χ0v) is 11.4. The van der Waals surface area contributed by atoms with Gasteiger partial charge in [0.15, 0.2) is 0 Å². The van der Waals surface area contributed by atoms with Gasteiger partial charge in [-0.1, -0.05) is 0 Å². The summed E-state index contributed by atoms with van der Waals surface area (Å²) in [5.41, 5.74) is 2.10. The molecule has 0 saturated carbocycles. The average molecular weight is 289 g/mol. The van der Waals surface area contributed by atoms with Gasteiger partial charge >= 0.3 is 0 Å². The Balaban J connectivity index is 2.34. The van der Waals surface area contributed by atoms with Gasteiger partial charge in [0.2, 0.25) is 5.91 Å². The van der Waals surface area contributed by atoms with E-state index in [4.69, 9.17) is 0 Å². The van der Waals surface area contributed by atoms with Crippen molar-refractivity contribution in [2.24, 2.45) is 7.05 Å². The second-order valence-corrected chi connectivity index (χ2v) is 4.42. The Morgan fingerprint density at radius 2 is 2.19 bits per heavy atom. The van der Waals surface area contributed by atoms with E-state index in [0.29, 0.717) is 6.54 Å². The fourth-order valence-corrected chi connectivity index (χ4v) is 1.88. The lowest BCUT2D eigenvalue weighted by Crippen LogP contribution is -2.30. The number of amides is 1. The predicted molar refractivity (Wildman–Crippen MR) is 66.0 cm³/mol. The molecule has 5 nitrogen and oxygen atoms in total. The number of carbonyl (C=O) groups is 1. The summed E-state index contributed by atoms with van der Waals surface area (Å²) in [5, 5.41) is 10.3. The minimum atomic E-state index is -0.000594. The van der Waals surface area contributed by atoms with Crippen LogP contribution in [-0.2, 0) is 18.4 Å². The molecule has 0 spiro atoms. The van der Waals surface area contributed by atoms with Crippen LogP contribution in [-0.4, -0.2) is 28.8 Å². The van der Waals surface area contributed by atoms with Crippen LogP contribution in [0.3, 0.4) is 0 Å². The maximum absolute atomic E-state index is 10.6. The molecule has 0 bridgehead atoms. The van der Waals surface area contributed by atoms with E-state index in [-0.39, 0.29) is 5.91 Å². The van der Waals surface area contributed by atoms with Crippen LogP contribution in [0, 0.1) is 6.92 Å². The summed E-state index contributed by atoms with van der Waals surface area (Å²) < 4.78 is 2.90. The van der Waals surface area contributed by atoms with E-state index in [1.165, 1.54) is 6.92 Å². The van der Waals surface area contributed by atoms with Crippen LogP contribution >= 0.6 is 15.9 Å². The summed E-state index contributed by atoms with van der Waals surface area (Å²) in [7, 11) is 1.92. The molecule has 2 N–H and O–H groups in total. The fraction of sp³-hybridized carbons (Fsp3) is 0.600. The van der Waals surface area contributed by atoms with E-state index in [2.05, 4.69) is 31.7 Å². The van der Waals surface area contributed by atoms with Gasteiger partial charge in [-0.3, -0.25) is 9.48 Å². The number of aromatic nitrogens is 2. The maximum Gasteiger partial charge on any atom is 0.216 e. The van der Waals surface area contributed by atoms with Crippen molar-refractivity contribution < 1.29 is 4.79 Å². The van der Waals surface area contributed by atoms with Gasteiger partial charge in [-0.15, -0.1) is 0 Å². The summed E-state index contributed by atoms with van der Waals surface area (Å²) in [4.78, 5) is 10.6. The van der Waals surface area contributed by atoms with Crippen molar-refractivity contribution in [2.75, 3.05) is 13.1 Å². The minimum Gasteiger partial charge on any atom is -0.355 e. The van der Waals surface area contributed by atoms with Crippen LogP contribution < -0.4 is 10.6 Å². The van der Waals surface area contributed by atoms with Crippen molar-refractivity contribution in [1.29, 1.82) is 0 Å². The van der Waals surface area contributed by atoms with E-state index in [1.807, 2.05) is 18.7 Å². The van der Waals surface area contributed by atoms with Gasteiger partial charge in [-0.25, -0.2) is 0 Å². The number of rotatable bonds is 5. The van der Waals surface area contributed by atoms with Crippen molar-refractivity contribution in [3.05, 3.63) is 15.9 Å². The molecule has 90 valence electrons. The average Bonchev–Trinajstić information content (AvgIpc) is 2.43. The molecule has 1 heterocycles. The lowest BCUT2D eigenvalue weighted by atomic mass is 10.3. The first-order valence-electron chi connectivity index (χ1n) is 5.15. The molecular weight excluding hydrogens is 272 g/mol. The predicted octanol–water partition coefficient (Wildman–Crippen LogP) is 0.717. The maximum atomic E-state index is 10.6. The Hall–Kier alpha value is -0.880. The van der Waals surface area contributed by atoms with Crippen LogP contribution in [0.25, 0.3) is 0 Å². The molecule has 0 radical (unpaired) electrons. The lowest BCUT2D eigenvalue weighted by Gasteiger charge is -2.06. The largest absolute Gasteiger partial charge is 0.355 e. The second kappa shape index (κ2) is 6.00. The highest BCUT2D eigenvalue weighted by atomic mass is 79.9. The minimum absolute atomic E-state index is 0.000594. The number of nitrogens with one attached hydrogen (secondary N) is 2. The number of aryl methyl sites for hydroxylation is 2. The first kappa shape index (κ1) is 13.2. The number of hydrogen-bond acceptors (Lipinski definition) is 3. The van der Waals surface area contributed by atoms with Gasteiger partial charge in [-0.05, 0) is 22.9 Å². The molecular formula is C10H17BrN4O. The molecule has 0 atom stereocenters. The standard InChI is InChI=1S/C10H17BrN4O/c1-7-10(11)9(15(3)14-7)6-12-4-5-13-8(2)16/h12H,4-6H2,1-3H3,(H,13,16). The number of carbonyl (C=O) groups excluding carboxylic acids is 1. The zero-order valence-electron chi connectivity index (χ0n) is 9.80. The molecule has 1 aromatic rings. The zero-order chi connectivity index (χ0) is 12.1. The Bertz CT molecular complexity index is 375. The van der Waals surface area contributed by atoms with Crippen LogP contribution in [0.15, 0.2) is 4.47 Å². The topological polar surface area (TPSA) is 59.0 Å². The third-order valence-electron chi connectivity index (χ3n) is 2.23. The number of halogens is 1. The van der Waals surface area contributed by atoms with Crippen LogP contribution in [0.5, 0.6) is 0 Å². The highest BCUT2D eigenvalue weighted by Gasteiger charge is 2.09. The molecule has 0 aliphatic carbocycles. The van der Waals surface area contributed by atoms with Crippen molar-refractivity contribution in [2.45, 2.75) is 20.4 Å². The molecule has 1 rings (SSSR count). The third-order valence-corrected chi connectivity index (χ3v) is 3.26. The van der Waals surface area contributed by atoms with Crippen molar-refractivity contribution in [1.82, 2.24) is 20.4 Å². The monoisotopic (exact) mass is 288 g/mol. The highest BCUT2D eigenvalue weighted by molar-refractivity contribution is 9.10. The molecule has 1 amide bonds. The van der Waals surface area contributed by atoms with E-state index < -0.39 is 0 Å². The Morgan fingerprint density at radius 3 is 2.69 bits per heavy atom. The molecule has 6 heteroatoms. The lowest BCUT2D eigenvalue weighted by molar-refractivity contribution is -0.118. The molecule has 0 unspecified atom stereocenters. The summed E-state index contributed by atoms with van der Waals surface area (Å²) in [6, 6.07) is 0. The van der Waals surface area contributed by atoms with Gasteiger partial charge < -0.3 is 10.6 Å². The highest BCUT2D eigenvalue weighted by Crippen LogP contribution is 2.19. The van der Waals surface area contributed by atoms with E-state index in [9.17, 15) is 4.79 Å². The van der Waals surface area contributed by atoms with Gasteiger partial charge in [0.1, 0.15) is 0 Å². The molecule has 16 heavy (non-hydrogen) atoms. The van der Waals surface area contributed by atoms with Gasteiger partial charge in [0.05, 0.1) is 15.9 Å². The summed E-state index contributed by atoms with van der Waals surface area (Å²) in [5.74, 6) is -0.000594. The molecule has 0 aliphatic heterocycles. The normalized spacial score (nSPS) is 10.5. The van der Waals surface area contributed by atoms with Crippen LogP contribution in [0.4, 0.5) is 0 Å². The van der Waals surface area contributed by atoms with Crippen molar-refractivity contribution in [3.8, 4) is 0 Å². The van der Waals surface area contributed by atoms with Crippen molar-refractivity contribution in [3.63, 3.8) is 0 Å². The van der Waals surface area contributed by atoms with Gasteiger partial charge in [-0.2, -0.15) is 5.10 Å². The third kappa shape index (κ3) is 3.61. The van der Waals surface area contributed by atoms with E-state index in [1.54, 1.807) is 0 Å². The summed E-state index contributed by atoms with van der Waals surface area (Å²) in [6.07, 6.45) is 0. The second-order valence-electron chi connectivity index (χ2n) is 3.63. The van der Waals surface area contributed by atoms with Crippen LogP contribution in [0.2, 0.25) is 0 Å². The molecule has 0 saturated heterocycles. The Morgan fingerprint density at radius 1 is 1.50 bits per heavy atom. The summed E-state index contributed by atoms with van der Waals surface area (Å²) >= 11 is 3.50. The van der Waals surface area contributed by atoms with E-state index in [0.717, 1.165) is 29.0 Å². The Labute approximate surface area is 104 Å². The first-order chi connectivity index (χ1) is 7.52. The fourth-order valence-electron chi connectivity index (χ4n) is 1.41. The first-order valence-corrected chi connectivity index (χ1v) is 5.94. The van der Waals surface area contributed by atoms with Crippen molar-refractivity contribution >= 4 is 21.8 Å². The van der Waals surface area contributed by atoms with Gasteiger partial charge in [0.25, 0.3) is 0 Å². The summed E-state index contributed by atoms with van der Waals surface area (Å²) in [6.45, 7) is 5.60. The molecule has 0 aliphatic rings. The van der Waals surface area contributed by atoms with Gasteiger partial charge in [0, 0.05) is 33.6 Å². The quantitative estimate of drug-likeness (QED) is 0.785. The Kier molecular flexibility index (Phi) is 4.95. The smallest absolute Gasteiger partial charge is 0.216 e. The molecule has 0 aromatic carbocycles. The molecule has 0 fully saturated rings. The number of hydrogen-bond donors (Lipinski definition) is 2. The number of nitrogens with zero attached hydrogens (tertiary/aromatic N) is 2. The van der Waals surface area contributed by atoms with Crippen LogP contribution in [0.1, 0.15) is 18.3 Å². The molecule has 1 aromatic heterocycles. The SMILES string of the molecule is CC(=O)NCCNCc1c(Br)c(C)nn1C.